The first-order valence-electron chi connectivity index (χ1n) is 5.92. The summed E-state index contributed by atoms with van der Waals surface area (Å²) >= 11 is 0. The van der Waals surface area contributed by atoms with Gasteiger partial charge in [-0.2, -0.15) is 0 Å². The summed E-state index contributed by atoms with van der Waals surface area (Å²) in [7, 11) is 1.54. The smallest absolute Gasteiger partial charge is 0.131 e. The van der Waals surface area contributed by atoms with E-state index < -0.39 is 0 Å². The second kappa shape index (κ2) is 6.57. The van der Waals surface area contributed by atoms with Gasteiger partial charge in [0.1, 0.15) is 11.6 Å². The minimum atomic E-state index is -0.282. The van der Waals surface area contributed by atoms with Crippen LogP contribution in [-0.2, 0) is 0 Å². The van der Waals surface area contributed by atoms with Crippen LogP contribution < -0.4 is 16.0 Å². The second-order valence-corrected chi connectivity index (χ2v) is 4.32. The Hall–Kier alpha value is -1.13. The number of ether oxygens (including phenoxy) is 1. The normalized spacial score (nSPS) is 14.4. The van der Waals surface area contributed by atoms with Crippen molar-refractivity contribution in [2.45, 2.75) is 32.7 Å². The molecule has 1 aromatic carbocycles. The molecule has 2 unspecified atom stereocenters. The number of hydrogen-bond acceptors (Lipinski definition) is 3. The number of hydrazine groups is 1. The molecule has 0 aromatic heterocycles. The Balaban J connectivity index is 3.02. The van der Waals surface area contributed by atoms with Crippen LogP contribution in [0, 0.1) is 11.7 Å². The van der Waals surface area contributed by atoms with Gasteiger partial charge in [0.05, 0.1) is 13.2 Å². The monoisotopic (exact) mass is 240 g/mol. The summed E-state index contributed by atoms with van der Waals surface area (Å²) in [5, 5.41) is 0. The van der Waals surface area contributed by atoms with Crippen LogP contribution in [0.2, 0.25) is 0 Å². The summed E-state index contributed by atoms with van der Waals surface area (Å²) in [6.45, 7) is 4.23. The number of halogens is 1. The summed E-state index contributed by atoms with van der Waals surface area (Å²) in [6.07, 6.45) is 1.82. The van der Waals surface area contributed by atoms with Gasteiger partial charge in [0, 0.05) is 5.56 Å². The molecular formula is C13H21FN2O. The fraction of sp³-hybridized carbons (Fsp3) is 0.538. The summed E-state index contributed by atoms with van der Waals surface area (Å²) in [6, 6.07) is 4.59. The van der Waals surface area contributed by atoms with Gasteiger partial charge in [-0.15, -0.1) is 0 Å². The van der Waals surface area contributed by atoms with Gasteiger partial charge in [-0.05, 0) is 24.5 Å². The average Bonchev–Trinajstić information content (AvgIpc) is 2.35. The van der Waals surface area contributed by atoms with E-state index in [4.69, 9.17) is 10.6 Å². The molecule has 4 heteroatoms. The Morgan fingerprint density at radius 1 is 1.47 bits per heavy atom. The van der Waals surface area contributed by atoms with Crippen LogP contribution in [0.3, 0.4) is 0 Å². The third kappa shape index (κ3) is 3.41. The molecule has 0 aliphatic rings. The van der Waals surface area contributed by atoms with Crippen LogP contribution in [0.1, 0.15) is 38.3 Å². The molecule has 0 fully saturated rings. The predicted octanol–water partition coefficient (Wildman–Crippen LogP) is 2.77. The van der Waals surface area contributed by atoms with Crippen LogP contribution in [0.5, 0.6) is 5.75 Å². The quantitative estimate of drug-likeness (QED) is 0.593. The molecule has 0 radical (unpaired) electrons. The molecule has 0 aliphatic heterocycles. The molecule has 1 rings (SSSR count). The molecule has 0 saturated carbocycles. The number of nitrogens with two attached hydrogens (primary N) is 1. The van der Waals surface area contributed by atoms with Gasteiger partial charge in [0.2, 0.25) is 0 Å². The number of methoxy groups -OCH3 is 1. The molecule has 17 heavy (non-hydrogen) atoms. The highest BCUT2D eigenvalue weighted by molar-refractivity contribution is 5.37. The molecule has 96 valence electrons. The average molecular weight is 240 g/mol. The Morgan fingerprint density at radius 3 is 2.71 bits per heavy atom. The molecule has 1 aromatic rings. The Kier molecular flexibility index (Phi) is 5.38. The van der Waals surface area contributed by atoms with E-state index in [9.17, 15) is 4.39 Å². The Bertz CT molecular complexity index is 357. The lowest BCUT2D eigenvalue weighted by molar-refractivity contribution is 0.362. The summed E-state index contributed by atoms with van der Waals surface area (Å²) in [5.74, 6) is 6.26. The van der Waals surface area contributed by atoms with Gasteiger partial charge in [0.25, 0.3) is 0 Å². The minimum Gasteiger partial charge on any atom is -0.496 e. The first-order valence-corrected chi connectivity index (χ1v) is 5.92. The molecule has 0 bridgehead atoms. The third-order valence-corrected chi connectivity index (χ3v) is 3.12. The fourth-order valence-corrected chi connectivity index (χ4v) is 1.87. The van der Waals surface area contributed by atoms with Gasteiger partial charge in [-0.3, -0.25) is 11.3 Å². The maximum absolute atomic E-state index is 13.9. The standard InChI is InChI=1S/C13H21FN2O/c1-4-9(2)8-11(16-15)13-10(14)6-5-7-12(13)17-3/h5-7,9,11,16H,4,8,15H2,1-3H3. The maximum Gasteiger partial charge on any atom is 0.131 e. The molecule has 0 aliphatic carbocycles. The van der Waals surface area contributed by atoms with E-state index in [-0.39, 0.29) is 11.9 Å². The van der Waals surface area contributed by atoms with E-state index in [0.29, 0.717) is 17.2 Å². The highest BCUT2D eigenvalue weighted by atomic mass is 19.1. The SMILES string of the molecule is CCC(C)CC(NN)c1c(F)cccc1OC. The van der Waals surface area contributed by atoms with Crippen LogP contribution in [-0.4, -0.2) is 7.11 Å². The van der Waals surface area contributed by atoms with Crippen LogP contribution in [0.15, 0.2) is 18.2 Å². The lowest BCUT2D eigenvalue weighted by Gasteiger charge is -2.22. The van der Waals surface area contributed by atoms with Crippen molar-refractivity contribution in [3.63, 3.8) is 0 Å². The number of rotatable bonds is 6. The molecule has 2 atom stereocenters. The first-order chi connectivity index (χ1) is 8.13. The molecule has 0 saturated heterocycles. The number of hydrogen-bond donors (Lipinski definition) is 2. The zero-order valence-electron chi connectivity index (χ0n) is 10.7. The van der Waals surface area contributed by atoms with E-state index in [1.54, 1.807) is 12.1 Å². The topological polar surface area (TPSA) is 47.3 Å². The first kappa shape index (κ1) is 13.9. The lowest BCUT2D eigenvalue weighted by Crippen LogP contribution is -2.30. The summed E-state index contributed by atoms with van der Waals surface area (Å²) in [4.78, 5) is 0. The van der Waals surface area contributed by atoms with Crippen LogP contribution in [0.4, 0.5) is 4.39 Å². The molecule has 0 amide bonds. The minimum absolute atomic E-state index is 0.221. The molecule has 3 nitrogen and oxygen atoms in total. The largest absolute Gasteiger partial charge is 0.496 e. The van der Waals surface area contributed by atoms with Crippen LogP contribution in [0.25, 0.3) is 0 Å². The third-order valence-electron chi connectivity index (χ3n) is 3.12. The van der Waals surface area contributed by atoms with E-state index in [1.807, 2.05) is 0 Å². The van der Waals surface area contributed by atoms with Crippen molar-refractivity contribution in [1.29, 1.82) is 0 Å². The second-order valence-electron chi connectivity index (χ2n) is 4.32. The molecular weight excluding hydrogens is 219 g/mol. The fourth-order valence-electron chi connectivity index (χ4n) is 1.87. The van der Waals surface area contributed by atoms with Crippen molar-refractivity contribution in [2.75, 3.05) is 7.11 Å². The lowest BCUT2D eigenvalue weighted by atomic mass is 9.94. The van der Waals surface area contributed by atoms with Crippen molar-refractivity contribution in [3.05, 3.63) is 29.6 Å². The van der Waals surface area contributed by atoms with Crippen molar-refractivity contribution in [3.8, 4) is 5.75 Å². The van der Waals surface area contributed by atoms with Crippen LogP contribution >= 0.6 is 0 Å². The number of benzene rings is 1. The van der Waals surface area contributed by atoms with Gasteiger partial charge >= 0.3 is 0 Å². The molecule has 3 N–H and O–H groups in total. The van der Waals surface area contributed by atoms with Gasteiger partial charge in [-0.1, -0.05) is 26.3 Å². The van der Waals surface area contributed by atoms with E-state index in [0.717, 1.165) is 12.8 Å². The summed E-state index contributed by atoms with van der Waals surface area (Å²) in [5.41, 5.74) is 3.19. The predicted molar refractivity (Wildman–Crippen MR) is 67.1 cm³/mol. The Labute approximate surface area is 102 Å². The van der Waals surface area contributed by atoms with Crippen molar-refractivity contribution >= 4 is 0 Å². The van der Waals surface area contributed by atoms with E-state index in [2.05, 4.69) is 19.3 Å². The highest BCUT2D eigenvalue weighted by Gasteiger charge is 2.20. The van der Waals surface area contributed by atoms with Crippen molar-refractivity contribution in [2.24, 2.45) is 11.8 Å². The molecule has 0 heterocycles. The molecule has 0 spiro atoms. The van der Waals surface area contributed by atoms with Crippen molar-refractivity contribution in [1.82, 2.24) is 5.43 Å². The zero-order chi connectivity index (χ0) is 12.8. The maximum atomic E-state index is 13.9. The Morgan fingerprint density at radius 2 is 2.18 bits per heavy atom. The van der Waals surface area contributed by atoms with Gasteiger partial charge in [-0.25, -0.2) is 4.39 Å². The van der Waals surface area contributed by atoms with E-state index in [1.165, 1.54) is 13.2 Å². The summed E-state index contributed by atoms with van der Waals surface area (Å²) < 4.78 is 19.0. The highest BCUT2D eigenvalue weighted by Crippen LogP contribution is 2.31. The van der Waals surface area contributed by atoms with E-state index >= 15 is 0 Å². The zero-order valence-corrected chi connectivity index (χ0v) is 10.7. The van der Waals surface area contributed by atoms with Crippen molar-refractivity contribution < 1.29 is 9.13 Å². The van der Waals surface area contributed by atoms with Gasteiger partial charge in [0.15, 0.2) is 0 Å². The number of nitrogens with one attached hydrogen (secondary N) is 1. The van der Waals surface area contributed by atoms with Gasteiger partial charge < -0.3 is 4.74 Å².